The van der Waals surface area contributed by atoms with Gasteiger partial charge in [-0.05, 0) is 77.6 Å². The number of ether oxygens (including phenoxy) is 1. The number of benzene rings is 1. The summed E-state index contributed by atoms with van der Waals surface area (Å²) < 4.78 is 5.56. The highest BCUT2D eigenvalue weighted by molar-refractivity contribution is 5.39. The van der Waals surface area contributed by atoms with E-state index in [-0.39, 0.29) is 0 Å². The Balaban J connectivity index is 2.38. The average molecular weight is 277 g/mol. The van der Waals surface area contributed by atoms with Crippen LogP contribution in [0.15, 0.2) is 12.1 Å². The molecule has 0 radical (unpaired) electrons. The fourth-order valence-electron chi connectivity index (χ4n) is 2.84. The minimum Gasteiger partial charge on any atom is -0.379 e. The van der Waals surface area contributed by atoms with Crippen molar-refractivity contribution in [2.75, 3.05) is 13.2 Å². The van der Waals surface area contributed by atoms with Gasteiger partial charge >= 0.3 is 0 Å². The molecule has 0 aromatic heterocycles. The summed E-state index contributed by atoms with van der Waals surface area (Å²) in [6, 6.07) is 4.97. The molecule has 0 aliphatic heterocycles. The molecule has 20 heavy (non-hydrogen) atoms. The lowest BCUT2D eigenvalue weighted by molar-refractivity contribution is 0.0759. The Labute approximate surface area is 124 Å². The fourth-order valence-corrected chi connectivity index (χ4v) is 2.84. The Bertz CT molecular complexity index is 389. The standard InChI is InChI=1S/C18H31NO/c1-13(2)20-10-8-7-9-19-17(6)18-15(4)11-14(3)12-16(18)5/h11-13,17,19H,7-10H2,1-6H3. The number of hydrogen-bond acceptors (Lipinski definition) is 2. The van der Waals surface area contributed by atoms with Crippen LogP contribution in [-0.4, -0.2) is 19.3 Å². The second-order valence-corrected chi connectivity index (χ2v) is 6.11. The maximum atomic E-state index is 5.56. The summed E-state index contributed by atoms with van der Waals surface area (Å²) in [5, 5.41) is 3.63. The molecule has 0 spiro atoms. The number of rotatable bonds is 8. The van der Waals surface area contributed by atoms with Crippen molar-refractivity contribution in [3.05, 3.63) is 34.4 Å². The van der Waals surface area contributed by atoms with Crippen LogP contribution in [0.2, 0.25) is 0 Å². The smallest absolute Gasteiger partial charge is 0.0518 e. The van der Waals surface area contributed by atoms with Crippen molar-refractivity contribution in [1.82, 2.24) is 5.32 Å². The van der Waals surface area contributed by atoms with Crippen molar-refractivity contribution in [1.29, 1.82) is 0 Å². The molecule has 2 heteroatoms. The van der Waals surface area contributed by atoms with Gasteiger partial charge in [-0.3, -0.25) is 0 Å². The van der Waals surface area contributed by atoms with E-state index in [4.69, 9.17) is 4.74 Å². The minimum absolute atomic E-state index is 0.347. The van der Waals surface area contributed by atoms with E-state index in [9.17, 15) is 0 Å². The first-order valence-electron chi connectivity index (χ1n) is 7.84. The summed E-state index contributed by atoms with van der Waals surface area (Å²) >= 11 is 0. The predicted molar refractivity (Wildman–Crippen MR) is 87.4 cm³/mol. The van der Waals surface area contributed by atoms with Gasteiger partial charge in [-0.1, -0.05) is 17.7 Å². The fraction of sp³-hybridized carbons (Fsp3) is 0.667. The van der Waals surface area contributed by atoms with Gasteiger partial charge in [0.2, 0.25) is 0 Å². The third kappa shape index (κ3) is 5.64. The van der Waals surface area contributed by atoms with E-state index in [0.717, 1.165) is 19.6 Å². The Kier molecular flexibility index (Phi) is 7.25. The molecule has 0 saturated heterocycles. The van der Waals surface area contributed by atoms with E-state index in [1.807, 2.05) is 0 Å². The van der Waals surface area contributed by atoms with Crippen LogP contribution in [0.1, 0.15) is 61.9 Å². The molecular formula is C18H31NO. The van der Waals surface area contributed by atoms with Crippen LogP contribution in [0.3, 0.4) is 0 Å². The van der Waals surface area contributed by atoms with Gasteiger partial charge in [-0.25, -0.2) is 0 Å². The van der Waals surface area contributed by atoms with Gasteiger partial charge in [0.1, 0.15) is 0 Å². The van der Waals surface area contributed by atoms with Gasteiger partial charge in [0.15, 0.2) is 0 Å². The van der Waals surface area contributed by atoms with Gasteiger partial charge in [-0.2, -0.15) is 0 Å². The summed E-state index contributed by atoms with van der Waals surface area (Å²) in [7, 11) is 0. The maximum Gasteiger partial charge on any atom is 0.0518 e. The lowest BCUT2D eigenvalue weighted by Gasteiger charge is -2.20. The molecule has 1 aromatic rings. The van der Waals surface area contributed by atoms with Crippen molar-refractivity contribution in [2.24, 2.45) is 0 Å². The zero-order chi connectivity index (χ0) is 15.1. The molecule has 0 aliphatic rings. The summed E-state index contributed by atoms with van der Waals surface area (Å²) in [5.41, 5.74) is 5.59. The molecule has 0 fully saturated rings. The van der Waals surface area contributed by atoms with Crippen molar-refractivity contribution in [3.63, 3.8) is 0 Å². The van der Waals surface area contributed by atoms with Gasteiger partial charge in [0, 0.05) is 12.6 Å². The first kappa shape index (κ1) is 17.2. The van der Waals surface area contributed by atoms with Gasteiger partial charge in [-0.15, -0.1) is 0 Å². The lowest BCUT2D eigenvalue weighted by atomic mass is 9.95. The zero-order valence-corrected chi connectivity index (χ0v) is 14.0. The molecule has 0 bridgehead atoms. The van der Waals surface area contributed by atoms with Crippen LogP contribution in [0, 0.1) is 20.8 Å². The molecule has 1 rings (SSSR count). The summed E-state index contributed by atoms with van der Waals surface area (Å²) in [4.78, 5) is 0. The molecule has 1 atom stereocenters. The van der Waals surface area contributed by atoms with E-state index in [1.165, 1.54) is 28.7 Å². The quantitative estimate of drug-likeness (QED) is 0.708. The van der Waals surface area contributed by atoms with Crippen LogP contribution in [0.25, 0.3) is 0 Å². The molecule has 114 valence electrons. The van der Waals surface area contributed by atoms with E-state index >= 15 is 0 Å². The van der Waals surface area contributed by atoms with Crippen LogP contribution < -0.4 is 5.32 Å². The average Bonchev–Trinajstić information content (AvgIpc) is 2.31. The molecule has 2 nitrogen and oxygen atoms in total. The Morgan fingerprint density at radius 2 is 1.60 bits per heavy atom. The number of unbranched alkanes of at least 4 members (excludes halogenated alkanes) is 1. The summed E-state index contributed by atoms with van der Waals surface area (Å²) in [6.07, 6.45) is 2.64. The molecule has 1 N–H and O–H groups in total. The molecule has 0 aliphatic carbocycles. The molecule has 1 unspecified atom stereocenters. The number of aryl methyl sites for hydroxylation is 3. The second-order valence-electron chi connectivity index (χ2n) is 6.11. The SMILES string of the molecule is Cc1cc(C)c(C(C)NCCCCOC(C)C)c(C)c1. The monoisotopic (exact) mass is 277 g/mol. The molecule has 0 saturated carbocycles. The van der Waals surface area contributed by atoms with Crippen molar-refractivity contribution >= 4 is 0 Å². The Hall–Kier alpha value is -0.860. The summed E-state index contributed by atoms with van der Waals surface area (Å²) in [5.74, 6) is 0. The van der Waals surface area contributed by atoms with Gasteiger partial charge < -0.3 is 10.1 Å². The van der Waals surface area contributed by atoms with E-state index in [0.29, 0.717) is 12.1 Å². The first-order valence-corrected chi connectivity index (χ1v) is 7.84. The normalized spacial score (nSPS) is 12.9. The maximum absolute atomic E-state index is 5.56. The highest BCUT2D eigenvalue weighted by Crippen LogP contribution is 2.23. The highest BCUT2D eigenvalue weighted by Gasteiger charge is 2.11. The molecule has 1 aromatic carbocycles. The molecular weight excluding hydrogens is 246 g/mol. The zero-order valence-electron chi connectivity index (χ0n) is 14.0. The third-order valence-electron chi connectivity index (χ3n) is 3.64. The van der Waals surface area contributed by atoms with Crippen LogP contribution in [0.4, 0.5) is 0 Å². The van der Waals surface area contributed by atoms with Crippen LogP contribution in [-0.2, 0) is 4.74 Å². The van der Waals surface area contributed by atoms with Crippen LogP contribution >= 0.6 is 0 Å². The topological polar surface area (TPSA) is 21.3 Å². The minimum atomic E-state index is 0.347. The van der Waals surface area contributed by atoms with E-state index in [1.54, 1.807) is 0 Å². The first-order chi connectivity index (χ1) is 9.41. The van der Waals surface area contributed by atoms with E-state index < -0.39 is 0 Å². The van der Waals surface area contributed by atoms with Gasteiger partial charge in [0.25, 0.3) is 0 Å². The molecule has 0 amide bonds. The van der Waals surface area contributed by atoms with Crippen LogP contribution in [0.5, 0.6) is 0 Å². The Morgan fingerprint density at radius 1 is 1.00 bits per heavy atom. The molecule has 0 heterocycles. The lowest BCUT2D eigenvalue weighted by Crippen LogP contribution is -2.22. The number of hydrogen-bond donors (Lipinski definition) is 1. The third-order valence-corrected chi connectivity index (χ3v) is 3.64. The predicted octanol–water partition coefficient (Wildman–Crippen LogP) is 4.47. The largest absolute Gasteiger partial charge is 0.379 e. The van der Waals surface area contributed by atoms with Gasteiger partial charge in [0.05, 0.1) is 6.10 Å². The number of nitrogens with one attached hydrogen (secondary N) is 1. The highest BCUT2D eigenvalue weighted by atomic mass is 16.5. The van der Waals surface area contributed by atoms with Crippen molar-refractivity contribution in [3.8, 4) is 0 Å². The van der Waals surface area contributed by atoms with Crippen molar-refractivity contribution in [2.45, 2.75) is 66.5 Å². The summed E-state index contributed by atoms with van der Waals surface area (Å²) in [6.45, 7) is 14.9. The Morgan fingerprint density at radius 3 is 2.15 bits per heavy atom. The second kappa shape index (κ2) is 8.43. The van der Waals surface area contributed by atoms with E-state index in [2.05, 4.69) is 59.0 Å². The van der Waals surface area contributed by atoms with Crippen molar-refractivity contribution < 1.29 is 4.74 Å².